The van der Waals surface area contributed by atoms with Crippen molar-refractivity contribution in [3.63, 3.8) is 0 Å². The zero-order chi connectivity index (χ0) is 13.4. The molecule has 1 aliphatic rings. The molecule has 2 aromatic rings. The van der Waals surface area contributed by atoms with Crippen molar-refractivity contribution in [2.24, 2.45) is 12.8 Å². The third kappa shape index (κ3) is 2.13. The minimum Gasteiger partial charge on any atom is -0.340 e. The fourth-order valence-electron chi connectivity index (χ4n) is 2.48. The van der Waals surface area contributed by atoms with Gasteiger partial charge in [0, 0.05) is 31.5 Å². The van der Waals surface area contributed by atoms with Gasteiger partial charge in [-0.15, -0.1) is 0 Å². The van der Waals surface area contributed by atoms with Crippen LogP contribution in [0.2, 0.25) is 0 Å². The molecule has 0 saturated carbocycles. The van der Waals surface area contributed by atoms with Crippen LogP contribution in [0.1, 0.15) is 16.1 Å². The average Bonchev–Trinajstić information content (AvgIpc) is 2.83. The molecule has 1 aromatic heterocycles. The Hall–Kier alpha value is -2.14. The first-order valence-electron chi connectivity index (χ1n) is 6.28. The zero-order valence-corrected chi connectivity index (χ0v) is 10.8. The van der Waals surface area contributed by atoms with Gasteiger partial charge in [0.2, 0.25) is 0 Å². The fourth-order valence-corrected chi connectivity index (χ4v) is 2.48. The van der Waals surface area contributed by atoms with Crippen LogP contribution < -0.4 is 10.6 Å². The van der Waals surface area contributed by atoms with Gasteiger partial charge in [-0.3, -0.25) is 4.79 Å². The second kappa shape index (κ2) is 4.51. The molecule has 2 N–H and O–H groups in total. The number of aromatic nitrogens is 2. The van der Waals surface area contributed by atoms with Crippen molar-refractivity contribution >= 4 is 11.6 Å². The van der Waals surface area contributed by atoms with Gasteiger partial charge < -0.3 is 15.2 Å². The van der Waals surface area contributed by atoms with Crippen LogP contribution >= 0.6 is 0 Å². The summed E-state index contributed by atoms with van der Waals surface area (Å²) in [5, 5.41) is 0. The predicted octanol–water partition coefficient (Wildman–Crippen LogP) is 0.950. The van der Waals surface area contributed by atoms with Gasteiger partial charge in [0.05, 0.1) is 6.33 Å². The number of carbonyl (C=O) groups excluding carboxylic acids is 1. The van der Waals surface area contributed by atoms with Crippen molar-refractivity contribution in [3.8, 4) is 0 Å². The summed E-state index contributed by atoms with van der Waals surface area (Å²) in [7, 11) is 1.85. The number of benzene rings is 1. The van der Waals surface area contributed by atoms with Gasteiger partial charge in [-0.2, -0.15) is 0 Å². The number of nitrogens with two attached hydrogens (primary N) is 1. The summed E-state index contributed by atoms with van der Waals surface area (Å²) in [6, 6.07) is 7.87. The van der Waals surface area contributed by atoms with E-state index in [1.165, 1.54) is 0 Å². The number of carbonyl (C=O) groups is 1. The number of fused-ring (bicyclic) bond motifs is 1. The minimum absolute atomic E-state index is 0.0254. The Labute approximate surface area is 111 Å². The van der Waals surface area contributed by atoms with Crippen molar-refractivity contribution in [1.29, 1.82) is 0 Å². The molecule has 0 fully saturated rings. The first-order valence-corrected chi connectivity index (χ1v) is 6.28. The fraction of sp³-hybridized carbons (Fsp3) is 0.286. The van der Waals surface area contributed by atoms with Gasteiger partial charge in [0.25, 0.3) is 5.91 Å². The predicted molar refractivity (Wildman–Crippen MR) is 73.0 cm³/mol. The Kier molecular flexibility index (Phi) is 2.83. The molecule has 2 heterocycles. The molecule has 0 bridgehead atoms. The topological polar surface area (TPSA) is 64.2 Å². The maximum atomic E-state index is 12.5. The molecule has 5 heteroatoms. The number of imidazole rings is 1. The number of para-hydroxylation sites is 1. The van der Waals surface area contributed by atoms with Crippen molar-refractivity contribution in [2.75, 3.05) is 11.4 Å². The molecule has 0 saturated heterocycles. The molecule has 98 valence electrons. The largest absolute Gasteiger partial charge is 0.340 e. The molecule has 1 aliphatic heterocycles. The third-order valence-corrected chi connectivity index (χ3v) is 3.35. The van der Waals surface area contributed by atoms with Gasteiger partial charge in [-0.25, -0.2) is 4.98 Å². The molecule has 19 heavy (non-hydrogen) atoms. The van der Waals surface area contributed by atoms with Crippen LogP contribution in [-0.2, 0) is 13.5 Å². The molecule has 1 aromatic carbocycles. The molecule has 5 nitrogen and oxygen atoms in total. The average molecular weight is 256 g/mol. The van der Waals surface area contributed by atoms with E-state index < -0.39 is 0 Å². The summed E-state index contributed by atoms with van der Waals surface area (Å²) >= 11 is 0. The molecule has 0 radical (unpaired) electrons. The Morgan fingerprint density at radius 1 is 1.42 bits per heavy atom. The second-order valence-corrected chi connectivity index (χ2v) is 4.93. The van der Waals surface area contributed by atoms with E-state index in [2.05, 4.69) is 4.98 Å². The van der Waals surface area contributed by atoms with E-state index in [4.69, 9.17) is 5.73 Å². The van der Waals surface area contributed by atoms with Gasteiger partial charge in [0.1, 0.15) is 5.69 Å². The number of hydrogen-bond acceptors (Lipinski definition) is 3. The summed E-state index contributed by atoms with van der Waals surface area (Å²) in [6.45, 7) is 0.534. The van der Waals surface area contributed by atoms with E-state index in [1.54, 1.807) is 22.0 Å². The molecule has 1 unspecified atom stereocenters. The van der Waals surface area contributed by atoms with Crippen molar-refractivity contribution < 1.29 is 4.79 Å². The Bertz CT molecular complexity index is 619. The normalized spacial score (nSPS) is 18.2. The van der Waals surface area contributed by atoms with E-state index in [0.717, 1.165) is 17.7 Å². The first kappa shape index (κ1) is 11.9. The maximum Gasteiger partial charge on any atom is 0.278 e. The summed E-state index contributed by atoms with van der Waals surface area (Å²) in [6.07, 6.45) is 4.16. The molecular weight excluding hydrogens is 240 g/mol. The zero-order valence-electron chi connectivity index (χ0n) is 10.8. The number of amides is 1. The number of nitrogens with zero attached hydrogens (tertiary/aromatic N) is 3. The van der Waals surface area contributed by atoms with E-state index in [-0.39, 0.29) is 11.9 Å². The van der Waals surface area contributed by atoms with E-state index in [1.807, 2.05) is 31.3 Å². The van der Waals surface area contributed by atoms with Crippen molar-refractivity contribution in [1.82, 2.24) is 9.55 Å². The SMILES string of the molecule is Cn1cnc(C(=O)N2CC(N)Cc3ccccc32)c1. The Morgan fingerprint density at radius 2 is 2.21 bits per heavy atom. The summed E-state index contributed by atoms with van der Waals surface area (Å²) in [5.74, 6) is -0.0943. The van der Waals surface area contributed by atoms with E-state index in [9.17, 15) is 4.79 Å². The van der Waals surface area contributed by atoms with Gasteiger partial charge >= 0.3 is 0 Å². The van der Waals surface area contributed by atoms with E-state index in [0.29, 0.717) is 12.2 Å². The smallest absolute Gasteiger partial charge is 0.278 e. The Morgan fingerprint density at radius 3 is 2.95 bits per heavy atom. The lowest BCUT2D eigenvalue weighted by Crippen LogP contribution is -2.46. The minimum atomic E-state index is -0.0943. The van der Waals surface area contributed by atoms with Gasteiger partial charge in [-0.1, -0.05) is 18.2 Å². The summed E-state index contributed by atoms with van der Waals surface area (Å²) < 4.78 is 1.77. The van der Waals surface area contributed by atoms with Gasteiger partial charge in [0.15, 0.2) is 0 Å². The molecule has 1 amide bonds. The van der Waals surface area contributed by atoms with Crippen molar-refractivity contribution in [2.45, 2.75) is 12.5 Å². The lowest BCUT2D eigenvalue weighted by Gasteiger charge is -2.32. The highest BCUT2D eigenvalue weighted by atomic mass is 16.2. The number of anilines is 1. The van der Waals surface area contributed by atoms with Gasteiger partial charge in [-0.05, 0) is 18.1 Å². The standard InChI is InChI=1S/C14H16N4O/c1-17-8-12(16-9-17)14(19)18-7-11(15)6-10-4-2-3-5-13(10)18/h2-5,8-9,11H,6-7,15H2,1H3. The van der Waals surface area contributed by atoms with Crippen LogP contribution in [0.15, 0.2) is 36.8 Å². The van der Waals surface area contributed by atoms with Crippen molar-refractivity contribution in [3.05, 3.63) is 48.0 Å². The second-order valence-electron chi connectivity index (χ2n) is 4.93. The first-order chi connectivity index (χ1) is 9.15. The van der Waals surface area contributed by atoms with Crippen LogP contribution in [0, 0.1) is 0 Å². The highest BCUT2D eigenvalue weighted by molar-refractivity contribution is 6.05. The quantitative estimate of drug-likeness (QED) is 0.826. The maximum absolute atomic E-state index is 12.5. The molecule has 3 rings (SSSR count). The third-order valence-electron chi connectivity index (χ3n) is 3.35. The van der Waals surface area contributed by atoms with E-state index >= 15 is 0 Å². The highest BCUT2D eigenvalue weighted by Gasteiger charge is 2.28. The Balaban J connectivity index is 1.99. The van der Waals surface area contributed by atoms with Crippen LogP contribution in [0.4, 0.5) is 5.69 Å². The summed E-state index contributed by atoms with van der Waals surface area (Å²) in [4.78, 5) is 18.4. The summed E-state index contributed by atoms with van der Waals surface area (Å²) in [5.41, 5.74) is 8.55. The molecule has 0 spiro atoms. The lowest BCUT2D eigenvalue weighted by molar-refractivity contribution is 0.0979. The lowest BCUT2D eigenvalue weighted by atomic mass is 9.98. The number of hydrogen-bond donors (Lipinski definition) is 1. The molecule has 1 atom stereocenters. The molecule has 0 aliphatic carbocycles. The number of aryl methyl sites for hydroxylation is 1. The highest BCUT2D eigenvalue weighted by Crippen LogP contribution is 2.27. The van der Waals surface area contributed by atoms with Crippen LogP contribution in [0.3, 0.4) is 0 Å². The van der Waals surface area contributed by atoms with Crippen LogP contribution in [-0.4, -0.2) is 28.0 Å². The van der Waals surface area contributed by atoms with Crippen LogP contribution in [0.5, 0.6) is 0 Å². The molecular formula is C14H16N4O. The number of rotatable bonds is 1. The monoisotopic (exact) mass is 256 g/mol. The van der Waals surface area contributed by atoms with Crippen LogP contribution in [0.25, 0.3) is 0 Å².